The number of aromatic nitrogens is 3. The number of benzene rings is 2. The lowest BCUT2D eigenvalue weighted by Gasteiger charge is -2.08. The van der Waals surface area contributed by atoms with Gasteiger partial charge in [0, 0.05) is 35.1 Å². The zero-order valence-electron chi connectivity index (χ0n) is 19.2. The molecule has 3 aromatic heterocycles. The first-order valence-electron chi connectivity index (χ1n) is 11.3. The van der Waals surface area contributed by atoms with Crippen LogP contribution in [0.5, 0.6) is 11.5 Å². The Hall–Kier alpha value is -4.17. The molecule has 5 rings (SSSR count). The molecule has 176 valence electrons. The molecule has 5 aromatic rings. The number of carbonyl (C=O) groups excluding carboxylic acids is 1. The molecule has 0 saturated heterocycles. The first kappa shape index (κ1) is 22.6. The van der Waals surface area contributed by atoms with Crippen molar-refractivity contribution in [1.29, 1.82) is 0 Å². The van der Waals surface area contributed by atoms with E-state index in [-0.39, 0.29) is 12.3 Å². The third-order valence-corrected chi connectivity index (χ3v) is 6.16. The van der Waals surface area contributed by atoms with E-state index in [4.69, 9.17) is 9.47 Å². The standard InChI is InChI=1S/C27H24N4O3S/c1-2-33-23-11-9-19(10-12-23)27-30-21(18-35-27)15-26(32)29-20-6-5-7-24(14-20)34-17-22-16-31-13-4-3-8-25(31)28-22/h3-14,16,18H,2,15,17H2,1H3,(H,29,32). The van der Waals surface area contributed by atoms with Gasteiger partial charge in [0.15, 0.2) is 0 Å². The van der Waals surface area contributed by atoms with E-state index in [0.717, 1.165) is 33.4 Å². The number of nitrogens with one attached hydrogen (secondary N) is 1. The van der Waals surface area contributed by atoms with Gasteiger partial charge < -0.3 is 19.2 Å². The van der Waals surface area contributed by atoms with Crippen molar-refractivity contribution >= 4 is 28.6 Å². The highest BCUT2D eigenvalue weighted by Gasteiger charge is 2.11. The van der Waals surface area contributed by atoms with Crippen LogP contribution in [-0.4, -0.2) is 26.9 Å². The predicted molar refractivity (Wildman–Crippen MR) is 137 cm³/mol. The van der Waals surface area contributed by atoms with Gasteiger partial charge in [-0.2, -0.15) is 0 Å². The Labute approximate surface area is 207 Å². The third-order valence-electron chi connectivity index (χ3n) is 5.22. The summed E-state index contributed by atoms with van der Waals surface area (Å²) < 4.78 is 13.3. The number of hydrogen-bond acceptors (Lipinski definition) is 6. The summed E-state index contributed by atoms with van der Waals surface area (Å²) in [7, 11) is 0. The van der Waals surface area contributed by atoms with E-state index < -0.39 is 0 Å². The molecule has 0 aliphatic heterocycles. The summed E-state index contributed by atoms with van der Waals surface area (Å²) in [6, 6.07) is 21.0. The number of hydrogen-bond donors (Lipinski definition) is 1. The van der Waals surface area contributed by atoms with E-state index in [1.54, 1.807) is 6.07 Å². The lowest BCUT2D eigenvalue weighted by atomic mass is 10.2. The SMILES string of the molecule is CCOc1ccc(-c2nc(CC(=O)Nc3cccc(OCc4cn5ccccc5n4)c3)cs2)cc1. The van der Waals surface area contributed by atoms with Crippen LogP contribution in [0.4, 0.5) is 5.69 Å². The number of rotatable bonds is 9. The van der Waals surface area contributed by atoms with Crippen molar-refractivity contribution in [2.45, 2.75) is 20.0 Å². The van der Waals surface area contributed by atoms with E-state index >= 15 is 0 Å². The molecule has 0 atom stereocenters. The summed E-state index contributed by atoms with van der Waals surface area (Å²) in [5.74, 6) is 1.36. The van der Waals surface area contributed by atoms with Crippen LogP contribution in [0.3, 0.4) is 0 Å². The number of carbonyl (C=O) groups is 1. The summed E-state index contributed by atoms with van der Waals surface area (Å²) >= 11 is 1.52. The van der Waals surface area contributed by atoms with Crippen LogP contribution in [0.1, 0.15) is 18.3 Å². The van der Waals surface area contributed by atoms with Crippen molar-refractivity contribution < 1.29 is 14.3 Å². The van der Waals surface area contributed by atoms with Crippen LogP contribution < -0.4 is 14.8 Å². The topological polar surface area (TPSA) is 77.8 Å². The Kier molecular flexibility index (Phi) is 6.72. The lowest BCUT2D eigenvalue weighted by Crippen LogP contribution is -2.14. The Balaban J connectivity index is 1.17. The van der Waals surface area contributed by atoms with Crippen LogP contribution >= 0.6 is 11.3 Å². The van der Waals surface area contributed by atoms with Crippen molar-refractivity contribution in [2.75, 3.05) is 11.9 Å². The molecule has 0 fully saturated rings. The Bertz CT molecular complexity index is 1410. The summed E-state index contributed by atoms with van der Waals surface area (Å²) in [5, 5.41) is 5.72. The predicted octanol–water partition coefficient (Wildman–Crippen LogP) is 5.62. The van der Waals surface area contributed by atoms with Gasteiger partial charge >= 0.3 is 0 Å². The number of ether oxygens (including phenoxy) is 2. The van der Waals surface area contributed by atoms with Gasteiger partial charge in [0.1, 0.15) is 28.8 Å². The zero-order chi connectivity index (χ0) is 24.0. The van der Waals surface area contributed by atoms with Crippen molar-refractivity contribution in [3.05, 3.63) is 95.9 Å². The minimum absolute atomic E-state index is 0.133. The van der Waals surface area contributed by atoms with Gasteiger partial charge in [-0.25, -0.2) is 9.97 Å². The summed E-state index contributed by atoms with van der Waals surface area (Å²) in [4.78, 5) is 21.8. The summed E-state index contributed by atoms with van der Waals surface area (Å²) in [6.07, 6.45) is 4.09. The average Bonchev–Trinajstić information content (AvgIpc) is 3.50. The highest BCUT2D eigenvalue weighted by molar-refractivity contribution is 7.13. The second kappa shape index (κ2) is 10.4. The van der Waals surface area contributed by atoms with E-state index in [0.29, 0.717) is 24.7 Å². The molecule has 8 heteroatoms. The molecule has 3 heterocycles. The largest absolute Gasteiger partial charge is 0.494 e. The molecule has 0 aliphatic carbocycles. The van der Waals surface area contributed by atoms with Gasteiger partial charge in [0.2, 0.25) is 5.91 Å². The van der Waals surface area contributed by atoms with E-state index in [1.807, 2.05) is 89.8 Å². The molecular weight excluding hydrogens is 460 g/mol. The van der Waals surface area contributed by atoms with E-state index in [2.05, 4.69) is 15.3 Å². The minimum atomic E-state index is -0.133. The first-order valence-corrected chi connectivity index (χ1v) is 12.2. The average molecular weight is 485 g/mol. The number of thiazole rings is 1. The maximum absolute atomic E-state index is 12.6. The van der Waals surface area contributed by atoms with Crippen LogP contribution in [0.15, 0.2) is 84.5 Å². The van der Waals surface area contributed by atoms with E-state index in [1.165, 1.54) is 11.3 Å². The molecule has 0 saturated carbocycles. The van der Waals surface area contributed by atoms with Gasteiger partial charge in [-0.1, -0.05) is 12.1 Å². The summed E-state index contributed by atoms with van der Waals surface area (Å²) in [6.45, 7) is 2.93. The van der Waals surface area contributed by atoms with Crippen molar-refractivity contribution in [3.8, 4) is 22.1 Å². The number of imidazole rings is 1. The molecule has 0 radical (unpaired) electrons. The quantitative estimate of drug-likeness (QED) is 0.294. The summed E-state index contributed by atoms with van der Waals surface area (Å²) in [5.41, 5.74) is 4.11. The fourth-order valence-corrected chi connectivity index (χ4v) is 4.45. The van der Waals surface area contributed by atoms with Crippen LogP contribution in [-0.2, 0) is 17.8 Å². The number of nitrogens with zero attached hydrogens (tertiary/aromatic N) is 3. The maximum atomic E-state index is 12.6. The Morgan fingerprint density at radius 2 is 1.86 bits per heavy atom. The van der Waals surface area contributed by atoms with Gasteiger partial charge in [-0.3, -0.25) is 4.79 Å². The van der Waals surface area contributed by atoms with Crippen LogP contribution in [0.25, 0.3) is 16.2 Å². The second-order valence-electron chi connectivity index (χ2n) is 7.84. The molecule has 2 aromatic carbocycles. The smallest absolute Gasteiger partial charge is 0.230 e. The highest BCUT2D eigenvalue weighted by atomic mass is 32.1. The molecule has 0 spiro atoms. The van der Waals surface area contributed by atoms with Crippen molar-refractivity contribution in [2.24, 2.45) is 0 Å². The van der Waals surface area contributed by atoms with Crippen molar-refractivity contribution in [3.63, 3.8) is 0 Å². The lowest BCUT2D eigenvalue weighted by molar-refractivity contribution is -0.115. The first-order chi connectivity index (χ1) is 17.2. The second-order valence-corrected chi connectivity index (χ2v) is 8.70. The normalized spacial score (nSPS) is 10.9. The Morgan fingerprint density at radius 1 is 0.971 bits per heavy atom. The molecule has 0 bridgehead atoms. The molecule has 0 unspecified atom stereocenters. The molecule has 1 N–H and O–H groups in total. The van der Waals surface area contributed by atoms with Gasteiger partial charge in [0.05, 0.1) is 24.4 Å². The van der Waals surface area contributed by atoms with Crippen LogP contribution in [0.2, 0.25) is 0 Å². The van der Waals surface area contributed by atoms with Gasteiger partial charge in [-0.05, 0) is 55.5 Å². The van der Waals surface area contributed by atoms with Gasteiger partial charge in [0.25, 0.3) is 0 Å². The monoisotopic (exact) mass is 484 g/mol. The molecule has 35 heavy (non-hydrogen) atoms. The third kappa shape index (κ3) is 5.67. The Morgan fingerprint density at radius 3 is 2.69 bits per heavy atom. The van der Waals surface area contributed by atoms with Gasteiger partial charge in [-0.15, -0.1) is 11.3 Å². The number of fused-ring (bicyclic) bond motifs is 1. The maximum Gasteiger partial charge on any atom is 0.230 e. The van der Waals surface area contributed by atoms with Crippen molar-refractivity contribution in [1.82, 2.24) is 14.4 Å². The molecule has 1 amide bonds. The van der Waals surface area contributed by atoms with E-state index in [9.17, 15) is 4.79 Å². The fraction of sp³-hybridized carbons (Fsp3) is 0.148. The van der Waals surface area contributed by atoms with Crippen LogP contribution in [0, 0.1) is 0 Å². The minimum Gasteiger partial charge on any atom is -0.494 e. The fourth-order valence-electron chi connectivity index (χ4n) is 3.63. The molecule has 7 nitrogen and oxygen atoms in total. The molecule has 0 aliphatic rings. The number of pyridine rings is 1. The number of amides is 1. The zero-order valence-corrected chi connectivity index (χ0v) is 20.0. The molecular formula is C27H24N4O3S. The highest BCUT2D eigenvalue weighted by Crippen LogP contribution is 2.26. The number of anilines is 1.